The summed E-state index contributed by atoms with van der Waals surface area (Å²) in [6.45, 7) is 6.09. The van der Waals surface area contributed by atoms with Crippen molar-refractivity contribution in [3.63, 3.8) is 0 Å². The topological polar surface area (TPSA) is 117 Å². The lowest BCUT2D eigenvalue weighted by molar-refractivity contribution is -0.384. The van der Waals surface area contributed by atoms with Gasteiger partial charge in [0.1, 0.15) is 0 Å². The van der Waals surface area contributed by atoms with Gasteiger partial charge in [0, 0.05) is 57.9 Å². The van der Waals surface area contributed by atoms with Gasteiger partial charge in [-0.15, -0.1) is 0 Å². The Hall–Kier alpha value is -4.48. The summed E-state index contributed by atoms with van der Waals surface area (Å²) < 4.78 is 10.4. The van der Waals surface area contributed by atoms with Crippen LogP contribution in [0.4, 0.5) is 22.7 Å². The summed E-state index contributed by atoms with van der Waals surface area (Å²) >= 11 is 0. The van der Waals surface area contributed by atoms with Crippen molar-refractivity contribution in [2.24, 2.45) is 0 Å². The maximum absolute atomic E-state index is 13.8. The summed E-state index contributed by atoms with van der Waals surface area (Å²) in [6.07, 6.45) is 0. The number of esters is 1. The molecule has 214 valence electrons. The maximum atomic E-state index is 13.8. The zero-order valence-corrected chi connectivity index (χ0v) is 23.0. The van der Waals surface area contributed by atoms with Crippen LogP contribution in [0, 0.1) is 10.1 Å². The number of benzene rings is 3. The first-order chi connectivity index (χ1) is 19.9. The van der Waals surface area contributed by atoms with E-state index in [9.17, 15) is 19.7 Å². The number of nitro groups is 1. The number of rotatable bonds is 8. The number of carbonyl (C=O) groups is 2. The first-order valence-corrected chi connectivity index (χ1v) is 13.6. The average Bonchev–Trinajstić information content (AvgIpc) is 3.01. The first-order valence-electron chi connectivity index (χ1n) is 13.6. The minimum atomic E-state index is -0.524. The standard InChI is InChI=1S/C30H33N5O6/c1-40-30(37)23-7-9-28(33-13-11-32(12-14-33)21-22-5-3-2-4-6-22)26(19-23)31-29(36)25-20-24(35(38)39)8-10-27(25)34-15-17-41-18-16-34/h2-10,19-20H,11-18,21H2,1H3,(H,31,36). The number of morpholine rings is 1. The fourth-order valence-electron chi connectivity index (χ4n) is 5.23. The summed E-state index contributed by atoms with van der Waals surface area (Å²) in [7, 11) is 1.30. The van der Waals surface area contributed by atoms with Gasteiger partial charge >= 0.3 is 5.97 Å². The third kappa shape index (κ3) is 6.64. The molecule has 3 aromatic rings. The molecule has 41 heavy (non-hydrogen) atoms. The lowest BCUT2D eigenvalue weighted by Crippen LogP contribution is -2.46. The SMILES string of the molecule is COC(=O)c1ccc(N2CCN(Cc3ccccc3)CC2)c(NC(=O)c2cc([N+](=O)[O-])ccc2N2CCOCC2)c1. The smallest absolute Gasteiger partial charge is 0.337 e. The van der Waals surface area contributed by atoms with Gasteiger partial charge in [-0.1, -0.05) is 30.3 Å². The number of hydrogen-bond acceptors (Lipinski definition) is 9. The number of piperazine rings is 1. The minimum Gasteiger partial charge on any atom is -0.465 e. The van der Waals surface area contributed by atoms with Crippen molar-refractivity contribution in [2.75, 3.05) is 74.7 Å². The molecule has 11 nitrogen and oxygen atoms in total. The maximum Gasteiger partial charge on any atom is 0.337 e. The van der Waals surface area contributed by atoms with Gasteiger partial charge in [0.25, 0.3) is 11.6 Å². The Kier molecular flexibility index (Phi) is 8.76. The van der Waals surface area contributed by atoms with Crippen molar-refractivity contribution in [3.8, 4) is 0 Å². The van der Waals surface area contributed by atoms with E-state index in [0.29, 0.717) is 43.2 Å². The van der Waals surface area contributed by atoms with Crippen molar-refractivity contribution in [3.05, 3.63) is 93.5 Å². The number of nitro benzene ring substituents is 1. The van der Waals surface area contributed by atoms with E-state index in [1.165, 1.54) is 24.8 Å². The van der Waals surface area contributed by atoms with Gasteiger partial charge in [-0.2, -0.15) is 0 Å². The molecule has 0 aliphatic carbocycles. The predicted octanol–water partition coefficient (Wildman–Crippen LogP) is 3.79. The Morgan fingerprint density at radius 1 is 0.902 bits per heavy atom. The minimum absolute atomic E-state index is 0.176. The van der Waals surface area contributed by atoms with Crippen LogP contribution in [0.3, 0.4) is 0 Å². The fourth-order valence-corrected chi connectivity index (χ4v) is 5.23. The molecule has 11 heteroatoms. The third-order valence-corrected chi connectivity index (χ3v) is 7.42. The molecule has 0 radical (unpaired) electrons. The number of methoxy groups -OCH3 is 1. The monoisotopic (exact) mass is 559 g/mol. The highest BCUT2D eigenvalue weighted by Crippen LogP contribution is 2.32. The number of anilines is 3. The van der Waals surface area contributed by atoms with Crippen LogP contribution in [0.15, 0.2) is 66.7 Å². The lowest BCUT2D eigenvalue weighted by Gasteiger charge is -2.37. The van der Waals surface area contributed by atoms with Crippen LogP contribution in [-0.4, -0.2) is 81.3 Å². The Bertz CT molecular complexity index is 1400. The van der Waals surface area contributed by atoms with Crippen molar-refractivity contribution < 1.29 is 24.0 Å². The van der Waals surface area contributed by atoms with Crippen LogP contribution in [0.2, 0.25) is 0 Å². The molecule has 0 atom stereocenters. The van der Waals surface area contributed by atoms with Gasteiger partial charge in [-0.3, -0.25) is 19.8 Å². The van der Waals surface area contributed by atoms with E-state index in [0.717, 1.165) is 38.4 Å². The van der Waals surface area contributed by atoms with Gasteiger partial charge in [0.15, 0.2) is 0 Å². The Labute approximate surface area is 238 Å². The molecule has 2 aliphatic rings. The van der Waals surface area contributed by atoms with Gasteiger partial charge < -0.3 is 24.6 Å². The highest BCUT2D eigenvalue weighted by atomic mass is 16.6. The van der Waals surface area contributed by atoms with Crippen LogP contribution in [0.25, 0.3) is 0 Å². The molecule has 2 saturated heterocycles. The van der Waals surface area contributed by atoms with E-state index in [1.54, 1.807) is 18.2 Å². The second kappa shape index (κ2) is 12.8. The van der Waals surface area contributed by atoms with Crippen molar-refractivity contribution in [2.45, 2.75) is 6.54 Å². The molecule has 0 bridgehead atoms. The van der Waals surface area contributed by atoms with Crippen LogP contribution in [-0.2, 0) is 16.0 Å². The molecule has 3 aromatic carbocycles. The summed E-state index contributed by atoms with van der Waals surface area (Å²) in [5, 5.41) is 14.5. The number of non-ortho nitro benzene ring substituents is 1. The van der Waals surface area contributed by atoms with E-state index in [1.807, 2.05) is 29.2 Å². The molecule has 1 amide bonds. The second-order valence-electron chi connectivity index (χ2n) is 9.98. The average molecular weight is 560 g/mol. The molecule has 5 rings (SSSR count). The summed E-state index contributed by atoms with van der Waals surface area (Å²) in [6, 6.07) is 19.7. The van der Waals surface area contributed by atoms with Crippen LogP contribution >= 0.6 is 0 Å². The molecule has 2 aliphatic heterocycles. The van der Waals surface area contributed by atoms with Crippen LogP contribution in [0.1, 0.15) is 26.3 Å². The molecule has 1 N–H and O–H groups in total. The number of nitrogens with one attached hydrogen (secondary N) is 1. The number of hydrogen-bond donors (Lipinski definition) is 1. The molecule has 0 saturated carbocycles. The second-order valence-corrected chi connectivity index (χ2v) is 9.98. The van der Waals surface area contributed by atoms with Gasteiger partial charge in [-0.05, 0) is 29.8 Å². The summed E-state index contributed by atoms with van der Waals surface area (Å²) in [5.74, 6) is -1.02. The van der Waals surface area contributed by atoms with E-state index < -0.39 is 16.8 Å². The van der Waals surface area contributed by atoms with E-state index in [4.69, 9.17) is 9.47 Å². The summed E-state index contributed by atoms with van der Waals surface area (Å²) in [4.78, 5) is 43.7. The zero-order valence-electron chi connectivity index (χ0n) is 23.0. The van der Waals surface area contributed by atoms with Crippen molar-refractivity contribution in [1.82, 2.24) is 4.90 Å². The third-order valence-electron chi connectivity index (χ3n) is 7.42. The van der Waals surface area contributed by atoms with Gasteiger partial charge in [0.05, 0.1) is 53.4 Å². The quantitative estimate of drug-likeness (QED) is 0.250. The molecule has 0 unspecified atom stereocenters. The molecular formula is C30H33N5O6. The van der Waals surface area contributed by atoms with Crippen molar-refractivity contribution in [1.29, 1.82) is 0 Å². The largest absolute Gasteiger partial charge is 0.465 e. The zero-order chi connectivity index (χ0) is 28.8. The van der Waals surface area contributed by atoms with E-state index in [-0.39, 0.29) is 11.3 Å². The van der Waals surface area contributed by atoms with Gasteiger partial charge in [0.2, 0.25) is 0 Å². The van der Waals surface area contributed by atoms with Crippen LogP contribution < -0.4 is 15.1 Å². The van der Waals surface area contributed by atoms with Crippen molar-refractivity contribution >= 4 is 34.6 Å². The summed E-state index contributed by atoms with van der Waals surface area (Å²) in [5.41, 5.74) is 3.36. The Morgan fingerprint density at radius 3 is 2.27 bits per heavy atom. The highest BCUT2D eigenvalue weighted by molar-refractivity contribution is 6.10. The molecule has 2 heterocycles. The van der Waals surface area contributed by atoms with Gasteiger partial charge in [-0.25, -0.2) is 4.79 Å². The van der Waals surface area contributed by atoms with E-state index in [2.05, 4.69) is 27.2 Å². The first kappa shape index (κ1) is 28.1. The predicted molar refractivity (Wildman–Crippen MR) is 156 cm³/mol. The molecule has 0 spiro atoms. The fraction of sp³-hybridized carbons (Fsp3) is 0.333. The number of ether oxygens (including phenoxy) is 2. The van der Waals surface area contributed by atoms with Crippen LogP contribution in [0.5, 0.6) is 0 Å². The molecule has 2 fully saturated rings. The number of amides is 1. The molecule has 0 aromatic heterocycles. The Balaban J connectivity index is 1.41. The lowest BCUT2D eigenvalue weighted by atomic mass is 10.1. The number of carbonyl (C=O) groups excluding carboxylic acids is 2. The highest BCUT2D eigenvalue weighted by Gasteiger charge is 2.25. The normalized spacial score (nSPS) is 15.8. The van der Waals surface area contributed by atoms with E-state index >= 15 is 0 Å². The molecular weight excluding hydrogens is 526 g/mol. The number of nitrogens with zero attached hydrogens (tertiary/aromatic N) is 4. The Morgan fingerprint density at radius 2 is 1.59 bits per heavy atom.